The van der Waals surface area contributed by atoms with Gasteiger partial charge in [-0.3, -0.25) is 14.1 Å². The Morgan fingerprint density at radius 2 is 1.86 bits per heavy atom. The number of sulfonamides is 1. The first-order chi connectivity index (χ1) is 13.1. The molecule has 1 aromatic carbocycles. The number of allylic oxidation sites excluding steroid dienone is 4. The molecular weight excluding hydrogens is 376 g/mol. The fraction of sp³-hybridized carbons (Fsp3) is 0.333. The molecular formula is C21H26N2O4S. The summed E-state index contributed by atoms with van der Waals surface area (Å²) in [7, 11) is -4.03. The van der Waals surface area contributed by atoms with Crippen LogP contribution in [0, 0.1) is 0 Å². The highest BCUT2D eigenvalue weighted by Gasteiger charge is 2.28. The van der Waals surface area contributed by atoms with Gasteiger partial charge in [0, 0.05) is 31.0 Å². The lowest BCUT2D eigenvalue weighted by Gasteiger charge is -2.25. The van der Waals surface area contributed by atoms with Gasteiger partial charge in [0.05, 0.1) is 4.90 Å². The number of carbonyl (C=O) groups is 1. The second kappa shape index (κ2) is 9.01. The zero-order valence-corrected chi connectivity index (χ0v) is 17.2. The van der Waals surface area contributed by atoms with Crippen molar-refractivity contribution in [1.29, 1.82) is 0 Å². The average Bonchev–Trinajstić information content (AvgIpc) is 2.63. The molecule has 0 bridgehead atoms. The molecule has 0 amide bonds. The zero-order valence-electron chi connectivity index (χ0n) is 16.4. The fourth-order valence-corrected chi connectivity index (χ4v) is 4.10. The van der Waals surface area contributed by atoms with Crippen LogP contribution < -0.4 is 0 Å². The highest BCUT2D eigenvalue weighted by atomic mass is 32.2. The van der Waals surface area contributed by atoms with Crippen molar-refractivity contribution in [3.8, 4) is 0 Å². The summed E-state index contributed by atoms with van der Waals surface area (Å²) in [5.41, 5.74) is 1.25. The Hall–Kier alpha value is -2.67. The molecule has 2 rings (SSSR count). The first-order valence-corrected chi connectivity index (χ1v) is 10.4. The predicted octanol–water partition coefficient (Wildman–Crippen LogP) is 3.88. The molecule has 0 spiro atoms. The minimum absolute atomic E-state index is 0.0609. The zero-order chi connectivity index (χ0) is 20.8. The molecule has 1 heterocycles. The first-order valence-electron chi connectivity index (χ1n) is 9.00. The Balaban J connectivity index is 2.46. The van der Waals surface area contributed by atoms with Gasteiger partial charge in [0.2, 0.25) is 0 Å². The quantitative estimate of drug-likeness (QED) is 0.810. The van der Waals surface area contributed by atoms with E-state index in [1.807, 2.05) is 26.8 Å². The van der Waals surface area contributed by atoms with Crippen LogP contribution in [0.15, 0.2) is 70.4 Å². The molecule has 1 aromatic rings. The summed E-state index contributed by atoms with van der Waals surface area (Å²) in [6.45, 7) is 5.47. The highest BCUT2D eigenvalue weighted by Crippen LogP contribution is 2.27. The van der Waals surface area contributed by atoms with Crippen molar-refractivity contribution < 1.29 is 18.3 Å². The van der Waals surface area contributed by atoms with E-state index < -0.39 is 22.5 Å². The second-order valence-corrected chi connectivity index (χ2v) is 9.28. The van der Waals surface area contributed by atoms with E-state index in [1.165, 1.54) is 12.1 Å². The van der Waals surface area contributed by atoms with Gasteiger partial charge in [0.1, 0.15) is 6.54 Å². The Morgan fingerprint density at radius 1 is 1.18 bits per heavy atom. The summed E-state index contributed by atoms with van der Waals surface area (Å²) >= 11 is 0. The molecule has 0 atom stereocenters. The third-order valence-electron chi connectivity index (χ3n) is 4.20. The van der Waals surface area contributed by atoms with E-state index >= 15 is 0 Å². The highest BCUT2D eigenvalue weighted by molar-refractivity contribution is 7.89. The molecule has 28 heavy (non-hydrogen) atoms. The van der Waals surface area contributed by atoms with Gasteiger partial charge in [-0.25, -0.2) is 8.42 Å². The second-order valence-electron chi connectivity index (χ2n) is 7.42. The molecule has 0 aliphatic carbocycles. The number of benzene rings is 1. The van der Waals surface area contributed by atoms with Crippen molar-refractivity contribution in [2.75, 3.05) is 6.54 Å². The molecule has 0 saturated carbocycles. The summed E-state index contributed by atoms with van der Waals surface area (Å²) in [6.07, 6.45) is 11.0. The van der Waals surface area contributed by atoms with Crippen LogP contribution in [0.1, 0.15) is 39.2 Å². The van der Waals surface area contributed by atoms with Crippen LogP contribution in [0.25, 0.3) is 0 Å². The number of carboxylic acid groups (broad SMARTS) is 1. The summed E-state index contributed by atoms with van der Waals surface area (Å²) in [5.74, 6) is -1.22. The molecule has 0 unspecified atom stereocenters. The van der Waals surface area contributed by atoms with Crippen LogP contribution in [0.2, 0.25) is 0 Å². The van der Waals surface area contributed by atoms with Crippen molar-refractivity contribution in [3.05, 3.63) is 66.0 Å². The van der Waals surface area contributed by atoms with Crippen molar-refractivity contribution >= 4 is 22.2 Å². The summed E-state index contributed by atoms with van der Waals surface area (Å²) in [4.78, 5) is 15.5. The maximum Gasteiger partial charge on any atom is 0.324 e. The molecule has 1 aliphatic heterocycles. The molecule has 6 nitrogen and oxygen atoms in total. The number of nitrogens with zero attached hydrogens (tertiary/aromatic N) is 2. The molecule has 0 radical (unpaired) electrons. The van der Waals surface area contributed by atoms with Gasteiger partial charge < -0.3 is 5.11 Å². The van der Waals surface area contributed by atoms with E-state index in [2.05, 4.69) is 4.99 Å². The van der Waals surface area contributed by atoms with E-state index in [0.717, 1.165) is 9.87 Å². The van der Waals surface area contributed by atoms with E-state index in [4.69, 9.17) is 0 Å². The topological polar surface area (TPSA) is 87.0 Å². The number of hydrogen-bond acceptors (Lipinski definition) is 4. The van der Waals surface area contributed by atoms with Crippen LogP contribution in [-0.2, 0) is 20.2 Å². The van der Waals surface area contributed by atoms with E-state index in [9.17, 15) is 18.3 Å². The van der Waals surface area contributed by atoms with Gasteiger partial charge in [-0.1, -0.05) is 51.1 Å². The van der Waals surface area contributed by atoms with Gasteiger partial charge >= 0.3 is 5.97 Å². The van der Waals surface area contributed by atoms with Gasteiger partial charge in [-0.2, -0.15) is 0 Å². The smallest absolute Gasteiger partial charge is 0.324 e. The van der Waals surface area contributed by atoms with Crippen LogP contribution in [0.5, 0.6) is 0 Å². The first kappa shape index (κ1) is 21.6. The Morgan fingerprint density at radius 3 is 2.46 bits per heavy atom. The molecule has 1 N–H and O–H groups in total. The van der Waals surface area contributed by atoms with Crippen molar-refractivity contribution in [3.63, 3.8) is 0 Å². The van der Waals surface area contributed by atoms with E-state index in [-0.39, 0.29) is 16.7 Å². The molecule has 7 heteroatoms. The summed E-state index contributed by atoms with van der Waals surface area (Å²) in [6, 6.07) is 6.59. The van der Waals surface area contributed by atoms with E-state index in [1.54, 1.807) is 42.8 Å². The minimum atomic E-state index is -4.03. The van der Waals surface area contributed by atoms with Crippen LogP contribution in [-0.4, -0.2) is 36.6 Å². The average molecular weight is 403 g/mol. The van der Waals surface area contributed by atoms with Gasteiger partial charge in [0.15, 0.2) is 0 Å². The number of aliphatic imine (C=N–C) groups is 1. The van der Waals surface area contributed by atoms with Crippen LogP contribution in [0.4, 0.5) is 0 Å². The number of aliphatic carboxylic acids is 1. The van der Waals surface area contributed by atoms with Gasteiger partial charge in [0.25, 0.3) is 10.0 Å². The molecule has 0 fully saturated rings. The molecule has 150 valence electrons. The number of carboxylic acids is 1. The van der Waals surface area contributed by atoms with Crippen molar-refractivity contribution in [2.24, 2.45) is 4.99 Å². The summed E-state index contributed by atoms with van der Waals surface area (Å²) < 4.78 is 27.4. The number of hydrogen-bond donors (Lipinski definition) is 1. The maximum absolute atomic E-state index is 13.2. The van der Waals surface area contributed by atoms with Crippen molar-refractivity contribution in [2.45, 2.75) is 43.9 Å². The van der Waals surface area contributed by atoms with Gasteiger partial charge in [-0.15, -0.1) is 0 Å². The van der Waals surface area contributed by atoms with E-state index in [0.29, 0.717) is 12.1 Å². The minimum Gasteiger partial charge on any atom is -0.480 e. The predicted molar refractivity (Wildman–Crippen MR) is 111 cm³/mol. The van der Waals surface area contributed by atoms with Gasteiger partial charge in [-0.05, 0) is 29.2 Å². The monoisotopic (exact) mass is 402 g/mol. The molecule has 1 aliphatic rings. The molecule has 0 saturated heterocycles. The largest absolute Gasteiger partial charge is 0.480 e. The fourth-order valence-electron chi connectivity index (χ4n) is 2.65. The normalized spacial score (nSPS) is 19.3. The third kappa shape index (κ3) is 5.66. The maximum atomic E-state index is 13.2. The SMILES string of the molecule is CC(C)(C)c1ccc(S(=O)(=O)N(CC(=O)O)/C2=C/C=C\CC=N/C=C\C2)cc1. The van der Waals surface area contributed by atoms with Crippen LogP contribution in [0.3, 0.4) is 0 Å². The Bertz CT molecular complexity index is 918. The lowest BCUT2D eigenvalue weighted by atomic mass is 9.87. The Labute approximate surface area is 166 Å². The number of rotatable bonds is 5. The van der Waals surface area contributed by atoms with Crippen molar-refractivity contribution in [1.82, 2.24) is 4.31 Å². The molecule has 0 aromatic heterocycles. The Kier molecular flexibility index (Phi) is 6.96. The lowest BCUT2D eigenvalue weighted by molar-refractivity contribution is -0.136. The van der Waals surface area contributed by atoms with Crippen LogP contribution >= 0.6 is 0 Å². The standard InChI is InChI=1S/C21H26N2O4S/c1-21(2,3)17-10-12-19(13-11-17)28(26,27)23(16-20(24)25)18-8-5-4-6-14-22-15-7-9-18/h4-5,7-8,10-15H,6,9,16H2,1-3H3,(H,24,25)/b5-4-,15-7-,18-8+,22-14?. The lowest BCUT2D eigenvalue weighted by Crippen LogP contribution is -2.35. The summed E-state index contributed by atoms with van der Waals surface area (Å²) in [5, 5.41) is 9.31. The third-order valence-corrected chi connectivity index (χ3v) is 6.01.